The third-order valence-corrected chi connectivity index (χ3v) is 2.80. The molecule has 0 spiro atoms. The van der Waals surface area contributed by atoms with Crippen molar-refractivity contribution in [1.82, 2.24) is 15.2 Å². The van der Waals surface area contributed by atoms with Crippen LogP contribution in [0.4, 0.5) is 0 Å². The van der Waals surface area contributed by atoms with Crippen LogP contribution in [0.25, 0.3) is 21.3 Å². The van der Waals surface area contributed by atoms with Crippen LogP contribution in [-0.4, -0.2) is 15.2 Å². The lowest BCUT2D eigenvalue weighted by Crippen LogP contribution is -1.84. The molecular formula is C9H5N3S. The number of hydrogen-bond donors (Lipinski definition) is 0. The Balaban J connectivity index is 2.65. The molecule has 3 nitrogen and oxygen atoms in total. The van der Waals surface area contributed by atoms with Gasteiger partial charge >= 0.3 is 0 Å². The van der Waals surface area contributed by atoms with Gasteiger partial charge in [-0.15, -0.1) is 21.5 Å². The standard InChI is InChI=1S/C9H5N3S/c1-2-4-7-6(3-1)8-9(12-11-7)10-5-13-8/h1-5H. The van der Waals surface area contributed by atoms with E-state index in [1.165, 1.54) is 0 Å². The summed E-state index contributed by atoms with van der Waals surface area (Å²) < 4.78 is 1.12. The van der Waals surface area contributed by atoms with Gasteiger partial charge in [0.05, 0.1) is 15.7 Å². The van der Waals surface area contributed by atoms with Crippen molar-refractivity contribution in [2.75, 3.05) is 0 Å². The number of rotatable bonds is 0. The van der Waals surface area contributed by atoms with Crippen LogP contribution in [0.2, 0.25) is 0 Å². The monoisotopic (exact) mass is 187 g/mol. The maximum Gasteiger partial charge on any atom is 0.193 e. The lowest BCUT2D eigenvalue weighted by molar-refractivity contribution is 1.10. The molecule has 0 N–H and O–H groups in total. The van der Waals surface area contributed by atoms with Crippen molar-refractivity contribution in [3.8, 4) is 0 Å². The summed E-state index contributed by atoms with van der Waals surface area (Å²) in [5.41, 5.74) is 3.47. The highest BCUT2D eigenvalue weighted by Crippen LogP contribution is 2.23. The second-order valence-corrected chi connectivity index (χ2v) is 3.58. The smallest absolute Gasteiger partial charge is 0.193 e. The first-order chi connectivity index (χ1) is 6.45. The first-order valence-electron chi connectivity index (χ1n) is 3.90. The number of hydrogen-bond acceptors (Lipinski definition) is 4. The van der Waals surface area contributed by atoms with Gasteiger partial charge in [-0.1, -0.05) is 18.2 Å². The Labute approximate surface area is 78.1 Å². The second kappa shape index (κ2) is 2.47. The lowest BCUT2D eigenvalue weighted by atomic mass is 10.2. The third-order valence-electron chi connectivity index (χ3n) is 1.95. The molecule has 0 radical (unpaired) electrons. The fraction of sp³-hybridized carbons (Fsp3) is 0. The minimum atomic E-state index is 0.740. The molecule has 62 valence electrons. The Kier molecular flexibility index (Phi) is 1.31. The Morgan fingerprint density at radius 3 is 3.00 bits per heavy atom. The van der Waals surface area contributed by atoms with Crippen LogP contribution in [0.3, 0.4) is 0 Å². The maximum absolute atomic E-state index is 4.11. The van der Waals surface area contributed by atoms with E-state index in [9.17, 15) is 0 Å². The molecule has 2 aromatic heterocycles. The molecule has 0 aliphatic rings. The van der Waals surface area contributed by atoms with E-state index in [4.69, 9.17) is 0 Å². The van der Waals surface area contributed by atoms with Crippen LogP contribution in [0.15, 0.2) is 29.8 Å². The molecule has 3 aromatic rings. The molecule has 0 saturated heterocycles. The molecule has 0 saturated carbocycles. The van der Waals surface area contributed by atoms with Gasteiger partial charge in [-0.3, -0.25) is 0 Å². The highest BCUT2D eigenvalue weighted by molar-refractivity contribution is 7.17. The molecule has 0 unspecified atom stereocenters. The van der Waals surface area contributed by atoms with Crippen LogP contribution in [0.5, 0.6) is 0 Å². The van der Waals surface area contributed by atoms with E-state index in [0.29, 0.717) is 0 Å². The molecule has 1 aromatic carbocycles. The average Bonchev–Trinajstić information content (AvgIpc) is 2.65. The van der Waals surface area contributed by atoms with E-state index in [-0.39, 0.29) is 0 Å². The molecule has 0 aliphatic heterocycles. The summed E-state index contributed by atoms with van der Waals surface area (Å²) in [5, 5.41) is 9.23. The highest BCUT2D eigenvalue weighted by atomic mass is 32.1. The van der Waals surface area contributed by atoms with Gasteiger partial charge in [-0.05, 0) is 6.07 Å². The maximum atomic E-state index is 4.11. The van der Waals surface area contributed by atoms with E-state index >= 15 is 0 Å². The summed E-state index contributed by atoms with van der Waals surface area (Å²) in [4.78, 5) is 4.11. The highest BCUT2D eigenvalue weighted by Gasteiger charge is 2.03. The van der Waals surface area contributed by atoms with Gasteiger partial charge in [0.1, 0.15) is 0 Å². The van der Waals surface area contributed by atoms with Gasteiger partial charge < -0.3 is 0 Å². The normalized spacial score (nSPS) is 11.1. The van der Waals surface area contributed by atoms with Gasteiger partial charge in [0.15, 0.2) is 5.65 Å². The van der Waals surface area contributed by atoms with E-state index in [2.05, 4.69) is 15.2 Å². The average molecular weight is 187 g/mol. The van der Waals surface area contributed by atoms with Crippen molar-refractivity contribution in [2.45, 2.75) is 0 Å². The zero-order chi connectivity index (χ0) is 8.67. The van der Waals surface area contributed by atoms with Crippen LogP contribution in [-0.2, 0) is 0 Å². The third kappa shape index (κ3) is 0.922. The fourth-order valence-electron chi connectivity index (χ4n) is 1.35. The summed E-state index contributed by atoms with van der Waals surface area (Å²) in [7, 11) is 0. The van der Waals surface area contributed by atoms with E-state index in [1.807, 2.05) is 24.3 Å². The van der Waals surface area contributed by atoms with Crippen LogP contribution < -0.4 is 0 Å². The number of benzene rings is 1. The number of thiazole rings is 1. The Bertz CT molecular complexity index is 573. The molecule has 4 heteroatoms. The summed E-state index contributed by atoms with van der Waals surface area (Å²) >= 11 is 1.60. The quantitative estimate of drug-likeness (QED) is 0.541. The number of fused-ring (bicyclic) bond motifs is 3. The van der Waals surface area contributed by atoms with E-state index < -0.39 is 0 Å². The zero-order valence-electron chi connectivity index (χ0n) is 6.64. The predicted molar refractivity (Wildman–Crippen MR) is 52.7 cm³/mol. The Morgan fingerprint density at radius 2 is 2.00 bits per heavy atom. The van der Waals surface area contributed by atoms with E-state index in [1.54, 1.807) is 16.8 Å². The van der Waals surface area contributed by atoms with Crippen LogP contribution >= 0.6 is 11.3 Å². The van der Waals surface area contributed by atoms with Gasteiger partial charge in [-0.2, -0.15) is 0 Å². The molecule has 0 amide bonds. The number of nitrogens with zero attached hydrogens (tertiary/aromatic N) is 3. The van der Waals surface area contributed by atoms with Gasteiger partial charge in [0, 0.05) is 5.39 Å². The van der Waals surface area contributed by atoms with Crippen molar-refractivity contribution in [2.24, 2.45) is 0 Å². The topological polar surface area (TPSA) is 38.7 Å². The predicted octanol–water partition coefficient (Wildman–Crippen LogP) is 2.24. The zero-order valence-corrected chi connectivity index (χ0v) is 7.45. The molecule has 0 bridgehead atoms. The first-order valence-corrected chi connectivity index (χ1v) is 4.78. The van der Waals surface area contributed by atoms with Gasteiger partial charge in [0.25, 0.3) is 0 Å². The van der Waals surface area contributed by atoms with E-state index in [0.717, 1.165) is 21.3 Å². The fourth-order valence-corrected chi connectivity index (χ4v) is 2.11. The Morgan fingerprint density at radius 1 is 1.08 bits per heavy atom. The summed E-state index contributed by atoms with van der Waals surface area (Å²) in [6.45, 7) is 0. The van der Waals surface area contributed by atoms with Crippen molar-refractivity contribution in [1.29, 1.82) is 0 Å². The Hall–Kier alpha value is -1.55. The minimum absolute atomic E-state index is 0.740. The van der Waals surface area contributed by atoms with Crippen molar-refractivity contribution in [3.63, 3.8) is 0 Å². The minimum Gasteiger partial charge on any atom is -0.223 e. The number of aromatic nitrogens is 3. The molecule has 0 aliphatic carbocycles. The molecular weight excluding hydrogens is 182 g/mol. The first kappa shape index (κ1) is 6.91. The van der Waals surface area contributed by atoms with Crippen molar-refractivity contribution in [3.05, 3.63) is 29.8 Å². The van der Waals surface area contributed by atoms with Crippen molar-refractivity contribution >= 4 is 32.6 Å². The summed E-state index contributed by atoms with van der Waals surface area (Å²) in [5.74, 6) is 0. The lowest BCUT2D eigenvalue weighted by Gasteiger charge is -1.94. The second-order valence-electron chi connectivity index (χ2n) is 2.72. The summed E-state index contributed by atoms with van der Waals surface area (Å²) in [6.07, 6.45) is 0. The van der Waals surface area contributed by atoms with Gasteiger partial charge in [0.2, 0.25) is 0 Å². The van der Waals surface area contributed by atoms with Crippen molar-refractivity contribution < 1.29 is 0 Å². The molecule has 2 heterocycles. The SMILES string of the molecule is c1ccc2c(c1)nnc1ncsc12. The van der Waals surface area contributed by atoms with Gasteiger partial charge in [-0.25, -0.2) is 4.98 Å². The molecule has 0 fully saturated rings. The molecule has 3 rings (SSSR count). The van der Waals surface area contributed by atoms with Crippen LogP contribution in [0, 0.1) is 0 Å². The summed E-state index contributed by atoms with van der Waals surface area (Å²) in [6, 6.07) is 7.97. The van der Waals surface area contributed by atoms with Crippen LogP contribution in [0.1, 0.15) is 0 Å². The molecule has 0 atom stereocenters. The largest absolute Gasteiger partial charge is 0.223 e. The molecule has 13 heavy (non-hydrogen) atoms.